The maximum atomic E-state index is 6.32. The highest BCUT2D eigenvalue weighted by Crippen LogP contribution is 2.40. The highest BCUT2D eigenvalue weighted by atomic mass is 35.5. The fourth-order valence-corrected chi connectivity index (χ4v) is 4.55. The van der Waals surface area contributed by atoms with Crippen molar-refractivity contribution in [1.82, 2.24) is 10.2 Å². The summed E-state index contributed by atoms with van der Waals surface area (Å²) in [4.78, 5) is 3.72. The van der Waals surface area contributed by atoms with Crippen molar-refractivity contribution in [2.75, 3.05) is 32.8 Å². The van der Waals surface area contributed by atoms with E-state index in [4.69, 9.17) is 27.9 Å². The van der Waals surface area contributed by atoms with Gasteiger partial charge in [-0.05, 0) is 50.2 Å². The summed E-state index contributed by atoms with van der Waals surface area (Å²) in [6.45, 7) is 6.70. The van der Waals surface area contributed by atoms with Crippen LogP contribution >= 0.6 is 34.5 Å². The van der Waals surface area contributed by atoms with Gasteiger partial charge in [0.25, 0.3) is 0 Å². The van der Waals surface area contributed by atoms with Crippen LogP contribution in [0.4, 0.5) is 0 Å². The van der Waals surface area contributed by atoms with Crippen molar-refractivity contribution >= 4 is 34.5 Å². The second kappa shape index (κ2) is 8.54. The Morgan fingerprint density at radius 2 is 2.08 bits per heavy atom. The van der Waals surface area contributed by atoms with Gasteiger partial charge in [-0.25, -0.2) is 0 Å². The van der Waals surface area contributed by atoms with Crippen molar-refractivity contribution in [3.05, 3.63) is 50.1 Å². The zero-order valence-corrected chi connectivity index (χ0v) is 16.1. The Balaban J connectivity index is 2.05. The molecule has 2 aromatic rings. The third-order valence-corrected chi connectivity index (χ3v) is 5.69. The van der Waals surface area contributed by atoms with E-state index in [2.05, 4.69) is 16.3 Å². The average molecular weight is 385 g/mol. The number of halogens is 2. The molecule has 1 aliphatic heterocycles. The smallest absolute Gasteiger partial charge is 0.124 e. The van der Waals surface area contributed by atoms with Crippen molar-refractivity contribution in [1.29, 1.82) is 0 Å². The lowest BCUT2D eigenvalue weighted by Crippen LogP contribution is -2.32. The normalized spacial score (nSPS) is 17.5. The Morgan fingerprint density at radius 3 is 2.83 bits per heavy atom. The molecular formula is C18H22Cl2N2OS. The van der Waals surface area contributed by atoms with Gasteiger partial charge in [0.1, 0.15) is 5.75 Å². The van der Waals surface area contributed by atoms with Crippen LogP contribution in [0, 0.1) is 0 Å². The molecule has 1 aliphatic rings. The lowest BCUT2D eigenvalue weighted by Gasteiger charge is -2.31. The molecule has 2 heterocycles. The first-order valence-electron chi connectivity index (χ1n) is 8.31. The zero-order valence-electron chi connectivity index (χ0n) is 13.7. The summed E-state index contributed by atoms with van der Waals surface area (Å²) in [6, 6.07) is 10.1. The number of benzene rings is 1. The van der Waals surface area contributed by atoms with Gasteiger partial charge >= 0.3 is 0 Å². The minimum atomic E-state index is 0.114. The molecule has 0 bridgehead atoms. The van der Waals surface area contributed by atoms with Gasteiger partial charge in [0, 0.05) is 35.1 Å². The lowest BCUT2D eigenvalue weighted by molar-refractivity contribution is 0.236. The van der Waals surface area contributed by atoms with E-state index < -0.39 is 0 Å². The van der Waals surface area contributed by atoms with Gasteiger partial charge in [-0.3, -0.25) is 4.90 Å². The number of nitrogens with zero attached hydrogens (tertiary/aromatic N) is 1. The molecule has 1 aromatic carbocycles. The Hall–Kier alpha value is -0.780. The second-order valence-corrected chi connectivity index (χ2v) is 7.98. The van der Waals surface area contributed by atoms with Crippen LogP contribution < -0.4 is 10.1 Å². The van der Waals surface area contributed by atoms with E-state index >= 15 is 0 Å². The molecule has 1 aromatic heterocycles. The van der Waals surface area contributed by atoms with Crippen LogP contribution in [0.3, 0.4) is 0 Å². The Labute approximate surface area is 157 Å². The Morgan fingerprint density at radius 1 is 1.21 bits per heavy atom. The van der Waals surface area contributed by atoms with Crippen LogP contribution in [-0.4, -0.2) is 37.7 Å². The van der Waals surface area contributed by atoms with E-state index in [9.17, 15) is 0 Å². The summed E-state index contributed by atoms with van der Waals surface area (Å²) < 4.78 is 6.70. The SMILES string of the molecule is CCOc1ccc(Cl)cc1C(c1ccc(Cl)s1)N1CCCNCC1. The van der Waals surface area contributed by atoms with E-state index in [1.165, 1.54) is 4.88 Å². The summed E-state index contributed by atoms with van der Waals surface area (Å²) in [5, 5.41) is 4.20. The molecule has 0 radical (unpaired) electrons. The van der Waals surface area contributed by atoms with E-state index in [0.717, 1.165) is 53.3 Å². The maximum Gasteiger partial charge on any atom is 0.124 e. The molecule has 1 fully saturated rings. The molecule has 0 saturated carbocycles. The average Bonchev–Trinajstić information content (AvgIpc) is 2.82. The van der Waals surface area contributed by atoms with Crippen molar-refractivity contribution in [2.24, 2.45) is 0 Å². The van der Waals surface area contributed by atoms with Crippen LogP contribution in [0.1, 0.15) is 29.8 Å². The fraction of sp³-hybridized carbons (Fsp3) is 0.444. The van der Waals surface area contributed by atoms with Gasteiger partial charge in [0.05, 0.1) is 17.0 Å². The minimum absolute atomic E-state index is 0.114. The summed E-state index contributed by atoms with van der Waals surface area (Å²) in [6.07, 6.45) is 1.13. The number of hydrogen-bond acceptors (Lipinski definition) is 4. The van der Waals surface area contributed by atoms with E-state index in [1.54, 1.807) is 11.3 Å². The van der Waals surface area contributed by atoms with E-state index in [1.807, 2.05) is 31.2 Å². The molecule has 130 valence electrons. The molecule has 3 nitrogen and oxygen atoms in total. The van der Waals surface area contributed by atoms with Crippen molar-refractivity contribution in [2.45, 2.75) is 19.4 Å². The molecule has 24 heavy (non-hydrogen) atoms. The largest absolute Gasteiger partial charge is 0.494 e. The molecule has 0 spiro atoms. The van der Waals surface area contributed by atoms with Gasteiger partial charge in [0.15, 0.2) is 0 Å². The number of ether oxygens (including phenoxy) is 1. The monoisotopic (exact) mass is 384 g/mol. The van der Waals surface area contributed by atoms with Crippen LogP contribution in [0.15, 0.2) is 30.3 Å². The van der Waals surface area contributed by atoms with Crippen LogP contribution in [0.5, 0.6) is 5.75 Å². The van der Waals surface area contributed by atoms with Crippen LogP contribution in [0.25, 0.3) is 0 Å². The third kappa shape index (κ3) is 4.24. The summed E-state index contributed by atoms with van der Waals surface area (Å²) in [7, 11) is 0. The highest BCUT2D eigenvalue weighted by Gasteiger charge is 2.27. The molecule has 1 saturated heterocycles. The summed E-state index contributed by atoms with van der Waals surface area (Å²) in [5.74, 6) is 0.897. The van der Waals surface area contributed by atoms with Gasteiger partial charge in [-0.15, -0.1) is 11.3 Å². The number of rotatable bonds is 5. The molecule has 0 amide bonds. The first-order valence-corrected chi connectivity index (χ1v) is 9.88. The molecule has 1 atom stereocenters. The standard InChI is InChI=1S/C18H22Cl2N2OS/c1-2-23-15-5-4-13(19)12-14(15)18(16-6-7-17(20)24-16)22-10-3-8-21-9-11-22/h4-7,12,18,21H,2-3,8-11H2,1H3. The summed E-state index contributed by atoms with van der Waals surface area (Å²) >= 11 is 14.2. The first kappa shape index (κ1) is 18.0. The molecule has 3 rings (SSSR count). The third-order valence-electron chi connectivity index (χ3n) is 4.17. The minimum Gasteiger partial charge on any atom is -0.494 e. The van der Waals surface area contributed by atoms with Crippen LogP contribution in [0.2, 0.25) is 9.36 Å². The molecule has 0 aliphatic carbocycles. The van der Waals surface area contributed by atoms with Gasteiger partial charge < -0.3 is 10.1 Å². The van der Waals surface area contributed by atoms with Crippen LogP contribution in [-0.2, 0) is 0 Å². The predicted molar refractivity (Wildman–Crippen MR) is 103 cm³/mol. The maximum absolute atomic E-state index is 6.32. The van der Waals surface area contributed by atoms with Crippen molar-refractivity contribution < 1.29 is 4.74 Å². The molecule has 1 N–H and O–H groups in total. The van der Waals surface area contributed by atoms with E-state index in [0.29, 0.717) is 6.61 Å². The van der Waals surface area contributed by atoms with Crippen molar-refractivity contribution in [3.8, 4) is 5.75 Å². The Kier molecular flexibility index (Phi) is 6.42. The lowest BCUT2D eigenvalue weighted by atomic mass is 10.0. The quantitative estimate of drug-likeness (QED) is 0.797. The number of nitrogens with one attached hydrogen (secondary N) is 1. The summed E-state index contributed by atoms with van der Waals surface area (Å²) in [5.41, 5.74) is 1.12. The van der Waals surface area contributed by atoms with Gasteiger partial charge in [-0.2, -0.15) is 0 Å². The molecule has 1 unspecified atom stereocenters. The van der Waals surface area contributed by atoms with Gasteiger partial charge in [0.2, 0.25) is 0 Å². The molecule has 6 heteroatoms. The number of thiophene rings is 1. The zero-order chi connectivity index (χ0) is 16.9. The number of hydrogen-bond donors (Lipinski definition) is 1. The Bertz CT molecular complexity index is 669. The predicted octanol–water partition coefficient (Wildman–Crippen LogP) is 4.84. The first-order chi connectivity index (χ1) is 11.7. The van der Waals surface area contributed by atoms with Crippen molar-refractivity contribution in [3.63, 3.8) is 0 Å². The fourth-order valence-electron chi connectivity index (χ4n) is 3.15. The van der Waals surface area contributed by atoms with Gasteiger partial charge in [-0.1, -0.05) is 23.2 Å². The second-order valence-electron chi connectivity index (χ2n) is 5.80. The topological polar surface area (TPSA) is 24.5 Å². The highest BCUT2D eigenvalue weighted by molar-refractivity contribution is 7.16. The molecular weight excluding hydrogens is 363 g/mol. The van der Waals surface area contributed by atoms with E-state index in [-0.39, 0.29) is 6.04 Å².